The Morgan fingerprint density at radius 3 is 2.32 bits per heavy atom. The van der Waals surface area contributed by atoms with Crippen LogP contribution in [0.5, 0.6) is 5.75 Å². The Hall–Kier alpha value is -4.01. The number of para-hydroxylation sites is 1. The zero-order chi connectivity index (χ0) is 26.9. The maximum atomic E-state index is 13.9. The molecule has 0 aliphatic rings. The quantitative estimate of drug-likeness (QED) is 0.258. The monoisotopic (exact) mass is 527 g/mol. The summed E-state index contributed by atoms with van der Waals surface area (Å²) < 4.78 is 35.9. The average Bonchev–Trinajstić information content (AvgIpc) is 2.95. The number of nitrogens with zero attached hydrogens (tertiary/aromatic N) is 3. The van der Waals surface area contributed by atoms with Gasteiger partial charge in [0.1, 0.15) is 11.6 Å². The summed E-state index contributed by atoms with van der Waals surface area (Å²) in [7, 11) is -2.38. The van der Waals surface area contributed by atoms with Gasteiger partial charge in [0, 0.05) is 6.54 Å². The van der Waals surface area contributed by atoms with Gasteiger partial charge in [-0.3, -0.25) is 9.36 Å². The molecule has 0 fully saturated rings. The summed E-state index contributed by atoms with van der Waals surface area (Å²) in [4.78, 5) is 18.9. The van der Waals surface area contributed by atoms with Crippen LogP contribution in [0, 0.1) is 0 Å². The van der Waals surface area contributed by atoms with Crippen molar-refractivity contribution in [1.29, 1.82) is 0 Å². The fraction of sp³-hybridized carbons (Fsp3) is 0.200. The van der Waals surface area contributed by atoms with E-state index in [4.69, 9.17) is 9.72 Å². The first-order valence-corrected chi connectivity index (χ1v) is 14.0. The van der Waals surface area contributed by atoms with Crippen molar-refractivity contribution in [2.24, 2.45) is 0 Å². The van der Waals surface area contributed by atoms with Gasteiger partial charge in [0.05, 0.1) is 34.6 Å². The minimum absolute atomic E-state index is 0.152. The van der Waals surface area contributed by atoms with Crippen LogP contribution in [0.1, 0.15) is 32.1 Å². The van der Waals surface area contributed by atoms with E-state index < -0.39 is 16.1 Å². The van der Waals surface area contributed by atoms with Gasteiger partial charge in [-0.05, 0) is 72.6 Å². The fourth-order valence-electron chi connectivity index (χ4n) is 4.75. The lowest BCUT2D eigenvalue weighted by molar-refractivity contribution is 0.327. The van der Waals surface area contributed by atoms with Crippen LogP contribution in [0.4, 0.5) is 0 Å². The van der Waals surface area contributed by atoms with E-state index in [2.05, 4.69) is 0 Å². The van der Waals surface area contributed by atoms with Crippen molar-refractivity contribution in [2.45, 2.75) is 31.2 Å². The minimum Gasteiger partial charge on any atom is -0.497 e. The topological polar surface area (TPSA) is 81.5 Å². The molecule has 5 rings (SSSR count). The predicted molar refractivity (Wildman–Crippen MR) is 150 cm³/mol. The second-order valence-corrected chi connectivity index (χ2v) is 11.0. The van der Waals surface area contributed by atoms with Crippen molar-refractivity contribution >= 4 is 31.7 Å². The first kappa shape index (κ1) is 25.6. The van der Waals surface area contributed by atoms with Gasteiger partial charge in [0.25, 0.3) is 5.56 Å². The molecule has 8 heteroatoms. The fourth-order valence-corrected chi connectivity index (χ4v) is 6.43. The summed E-state index contributed by atoms with van der Waals surface area (Å²) in [5.41, 5.74) is 0.910. The van der Waals surface area contributed by atoms with Gasteiger partial charge in [-0.2, -0.15) is 4.31 Å². The van der Waals surface area contributed by atoms with Crippen LogP contribution >= 0.6 is 0 Å². The molecule has 0 saturated carbocycles. The van der Waals surface area contributed by atoms with E-state index in [1.54, 1.807) is 41.8 Å². The number of sulfonamides is 1. The molecule has 1 unspecified atom stereocenters. The Morgan fingerprint density at radius 1 is 0.921 bits per heavy atom. The third kappa shape index (κ3) is 4.57. The number of fused-ring (bicyclic) bond motifs is 2. The molecule has 0 aliphatic carbocycles. The highest BCUT2D eigenvalue weighted by Crippen LogP contribution is 2.30. The summed E-state index contributed by atoms with van der Waals surface area (Å²) in [5.74, 6) is 0.926. The molecule has 1 heterocycles. The van der Waals surface area contributed by atoms with E-state index >= 15 is 0 Å². The molecule has 0 spiro atoms. The van der Waals surface area contributed by atoms with Gasteiger partial charge in [0.2, 0.25) is 10.0 Å². The van der Waals surface area contributed by atoms with Crippen LogP contribution in [0.15, 0.2) is 101 Å². The Morgan fingerprint density at radius 2 is 1.61 bits per heavy atom. The maximum Gasteiger partial charge on any atom is 0.266 e. The minimum atomic E-state index is -3.91. The van der Waals surface area contributed by atoms with Crippen LogP contribution < -0.4 is 10.3 Å². The molecule has 0 saturated heterocycles. The number of rotatable bonds is 8. The van der Waals surface area contributed by atoms with Gasteiger partial charge >= 0.3 is 0 Å². The number of hydrogen-bond donors (Lipinski definition) is 0. The lowest BCUT2D eigenvalue weighted by Gasteiger charge is -2.29. The molecule has 1 atom stereocenters. The molecule has 38 heavy (non-hydrogen) atoms. The lowest BCUT2D eigenvalue weighted by Crippen LogP contribution is -2.38. The van der Waals surface area contributed by atoms with Crippen molar-refractivity contribution in [3.05, 3.63) is 107 Å². The number of aromatic nitrogens is 2. The number of methoxy groups -OCH3 is 1. The van der Waals surface area contributed by atoms with Crippen LogP contribution in [-0.4, -0.2) is 35.9 Å². The second kappa shape index (κ2) is 10.4. The van der Waals surface area contributed by atoms with E-state index in [1.807, 2.05) is 55.5 Å². The molecular weight excluding hydrogens is 498 g/mol. The molecule has 0 amide bonds. The summed E-state index contributed by atoms with van der Waals surface area (Å²) in [6.07, 6.45) is 0.591. The molecule has 0 bridgehead atoms. The number of benzene rings is 4. The van der Waals surface area contributed by atoms with E-state index in [0.717, 1.165) is 10.8 Å². The van der Waals surface area contributed by atoms with Crippen LogP contribution in [-0.2, 0) is 10.0 Å². The lowest BCUT2D eigenvalue weighted by atomic mass is 10.1. The van der Waals surface area contributed by atoms with E-state index in [9.17, 15) is 13.2 Å². The molecular formula is C30H29N3O4S. The Kier molecular flexibility index (Phi) is 7.01. The second-order valence-electron chi connectivity index (χ2n) is 9.13. The normalized spacial score (nSPS) is 12.7. The van der Waals surface area contributed by atoms with E-state index in [0.29, 0.717) is 34.6 Å². The molecule has 5 aromatic rings. The van der Waals surface area contributed by atoms with Crippen molar-refractivity contribution in [3.63, 3.8) is 0 Å². The van der Waals surface area contributed by atoms with Crippen LogP contribution in [0.25, 0.3) is 27.4 Å². The summed E-state index contributed by atoms with van der Waals surface area (Å²) in [5, 5.41) is 2.49. The molecule has 7 nitrogen and oxygen atoms in total. The maximum absolute atomic E-state index is 13.9. The third-order valence-electron chi connectivity index (χ3n) is 6.71. The molecule has 194 valence electrons. The summed E-state index contributed by atoms with van der Waals surface area (Å²) in [6, 6.07) is 26.4. The number of hydrogen-bond acceptors (Lipinski definition) is 5. The molecule has 1 aromatic heterocycles. The predicted octanol–water partition coefficient (Wildman–Crippen LogP) is 5.71. The highest BCUT2D eigenvalue weighted by Gasteiger charge is 2.32. The van der Waals surface area contributed by atoms with Gasteiger partial charge < -0.3 is 4.74 Å². The molecule has 0 radical (unpaired) electrons. The Balaban J connectivity index is 1.72. The van der Waals surface area contributed by atoms with Crippen molar-refractivity contribution in [2.75, 3.05) is 13.7 Å². The summed E-state index contributed by atoms with van der Waals surface area (Å²) >= 11 is 0. The molecule has 0 N–H and O–H groups in total. The first-order chi connectivity index (χ1) is 18.3. The summed E-state index contributed by atoms with van der Waals surface area (Å²) in [6.45, 7) is 3.97. The van der Waals surface area contributed by atoms with Crippen molar-refractivity contribution in [3.8, 4) is 11.4 Å². The van der Waals surface area contributed by atoms with Gasteiger partial charge in [-0.15, -0.1) is 0 Å². The Bertz CT molecular complexity index is 1780. The smallest absolute Gasteiger partial charge is 0.266 e. The Labute approximate surface area is 222 Å². The molecule has 0 aliphatic heterocycles. The zero-order valence-electron chi connectivity index (χ0n) is 21.5. The van der Waals surface area contributed by atoms with Gasteiger partial charge in [-0.1, -0.05) is 49.4 Å². The third-order valence-corrected chi connectivity index (χ3v) is 8.69. The average molecular weight is 528 g/mol. The van der Waals surface area contributed by atoms with Gasteiger partial charge in [0.15, 0.2) is 0 Å². The highest BCUT2D eigenvalue weighted by atomic mass is 32.2. The largest absolute Gasteiger partial charge is 0.497 e. The first-order valence-electron chi connectivity index (χ1n) is 12.5. The van der Waals surface area contributed by atoms with Crippen LogP contribution in [0.3, 0.4) is 0 Å². The van der Waals surface area contributed by atoms with Gasteiger partial charge in [-0.25, -0.2) is 13.4 Å². The van der Waals surface area contributed by atoms with E-state index in [-0.39, 0.29) is 17.0 Å². The van der Waals surface area contributed by atoms with E-state index in [1.165, 1.54) is 23.5 Å². The zero-order valence-corrected chi connectivity index (χ0v) is 22.4. The highest BCUT2D eigenvalue weighted by molar-refractivity contribution is 7.89. The SMILES string of the molecule is CCCN(C(C)c1nc2ccccc2c(=O)n1-c1ccc2ccccc2c1)S(=O)(=O)c1ccc(OC)cc1. The number of ether oxygens (including phenoxy) is 1. The van der Waals surface area contributed by atoms with Crippen LogP contribution in [0.2, 0.25) is 0 Å². The van der Waals surface area contributed by atoms with Crippen molar-refractivity contribution in [1.82, 2.24) is 13.9 Å². The van der Waals surface area contributed by atoms with Crippen molar-refractivity contribution < 1.29 is 13.2 Å². The molecule has 4 aromatic carbocycles. The standard InChI is InChI=1S/C30H29N3O4S/c1-4-19-32(38(35,36)26-17-15-25(37-3)16-18-26)21(2)29-31-28-12-8-7-11-27(28)30(34)33(29)24-14-13-22-9-5-6-10-23(22)20-24/h5-18,20-21H,4,19H2,1-3H3.